The molecule has 98 valence electrons. The minimum atomic E-state index is -0.974. The number of carboxylic acid groups (broad SMARTS) is 1. The number of carboxylic acids is 1. The number of aryl methyl sites for hydroxylation is 2. The van der Waals surface area contributed by atoms with E-state index in [4.69, 9.17) is 15.6 Å². The average Bonchev–Trinajstić information content (AvgIpc) is 2.26. The lowest BCUT2D eigenvalue weighted by atomic mass is 10.1. The normalized spacial score (nSPS) is 11.9. The van der Waals surface area contributed by atoms with Crippen LogP contribution in [0.3, 0.4) is 0 Å². The van der Waals surface area contributed by atoms with Crippen molar-refractivity contribution in [1.82, 2.24) is 0 Å². The Morgan fingerprint density at radius 3 is 2.22 bits per heavy atom. The van der Waals surface area contributed by atoms with E-state index in [1.807, 2.05) is 0 Å². The van der Waals surface area contributed by atoms with E-state index in [-0.39, 0.29) is 18.1 Å². The fraction of sp³-hybridized carbons (Fsp3) is 0.385. The number of ether oxygens (including phenoxy) is 1. The monoisotopic (exact) mass is 251 g/mol. The summed E-state index contributed by atoms with van der Waals surface area (Å²) in [4.78, 5) is 21.8. The van der Waals surface area contributed by atoms with Crippen molar-refractivity contribution in [2.24, 2.45) is 11.7 Å². The van der Waals surface area contributed by atoms with Crippen LogP contribution in [-0.4, -0.2) is 23.6 Å². The predicted octanol–water partition coefficient (Wildman–Crippen LogP) is 1.50. The van der Waals surface area contributed by atoms with Crippen molar-refractivity contribution >= 4 is 11.9 Å². The number of amides is 1. The molecule has 5 nitrogen and oxygen atoms in total. The Morgan fingerprint density at radius 1 is 1.33 bits per heavy atom. The van der Waals surface area contributed by atoms with Gasteiger partial charge < -0.3 is 15.6 Å². The standard InChI is InChI=1S/C13H17NO4/c1-7-4-10(13(16)17)5-8(2)11(7)18-6-9(3)12(14)15/h4-5,9H,6H2,1-3H3,(H2,14,15)(H,16,17). The second kappa shape index (κ2) is 5.53. The van der Waals surface area contributed by atoms with E-state index in [1.54, 1.807) is 32.9 Å². The molecule has 0 saturated carbocycles. The molecule has 0 bridgehead atoms. The maximum atomic E-state index is 10.9. The summed E-state index contributed by atoms with van der Waals surface area (Å²) >= 11 is 0. The van der Waals surface area contributed by atoms with Crippen LogP contribution in [0.15, 0.2) is 12.1 Å². The maximum Gasteiger partial charge on any atom is 0.335 e. The third kappa shape index (κ3) is 3.23. The zero-order valence-corrected chi connectivity index (χ0v) is 10.7. The number of aromatic carboxylic acids is 1. The van der Waals surface area contributed by atoms with E-state index in [0.717, 1.165) is 11.1 Å². The first kappa shape index (κ1) is 14.0. The number of hydrogen-bond donors (Lipinski definition) is 2. The van der Waals surface area contributed by atoms with E-state index >= 15 is 0 Å². The van der Waals surface area contributed by atoms with Gasteiger partial charge in [0.15, 0.2) is 0 Å². The molecule has 0 aliphatic carbocycles. The van der Waals surface area contributed by atoms with Crippen molar-refractivity contribution in [2.45, 2.75) is 20.8 Å². The zero-order valence-electron chi connectivity index (χ0n) is 10.7. The number of rotatable bonds is 5. The Bertz CT molecular complexity index is 459. The predicted molar refractivity (Wildman–Crippen MR) is 66.7 cm³/mol. The van der Waals surface area contributed by atoms with Crippen LogP contribution in [0, 0.1) is 19.8 Å². The van der Waals surface area contributed by atoms with Gasteiger partial charge in [-0.15, -0.1) is 0 Å². The highest BCUT2D eigenvalue weighted by atomic mass is 16.5. The fourth-order valence-electron chi connectivity index (χ4n) is 1.59. The lowest BCUT2D eigenvalue weighted by Gasteiger charge is -2.15. The first-order valence-corrected chi connectivity index (χ1v) is 5.59. The smallest absolute Gasteiger partial charge is 0.335 e. The van der Waals surface area contributed by atoms with Crippen LogP contribution < -0.4 is 10.5 Å². The van der Waals surface area contributed by atoms with Gasteiger partial charge in [-0.3, -0.25) is 4.79 Å². The molecule has 3 N–H and O–H groups in total. The summed E-state index contributed by atoms with van der Waals surface area (Å²) in [5, 5.41) is 8.91. The molecule has 0 saturated heterocycles. The van der Waals surface area contributed by atoms with E-state index in [9.17, 15) is 9.59 Å². The van der Waals surface area contributed by atoms with Crippen LogP contribution >= 0.6 is 0 Å². The van der Waals surface area contributed by atoms with Gasteiger partial charge in [0, 0.05) is 0 Å². The molecule has 0 aromatic heterocycles. The molecule has 5 heteroatoms. The number of carbonyl (C=O) groups is 2. The van der Waals surface area contributed by atoms with Crippen molar-refractivity contribution in [1.29, 1.82) is 0 Å². The molecule has 18 heavy (non-hydrogen) atoms. The quantitative estimate of drug-likeness (QED) is 0.829. The molecule has 0 radical (unpaired) electrons. The molecule has 1 amide bonds. The van der Waals surface area contributed by atoms with E-state index in [0.29, 0.717) is 5.75 Å². The van der Waals surface area contributed by atoms with Gasteiger partial charge in [0.05, 0.1) is 18.1 Å². The molecule has 0 spiro atoms. The Kier molecular flexibility index (Phi) is 4.31. The minimum absolute atomic E-state index is 0.184. The number of carbonyl (C=O) groups excluding carboxylic acids is 1. The molecule has 1 aromatic carbocycles. The number of benzene rings is 1. The van der Waals surface area contributed by atoms with Crippen LogP contribution in [0.5, 0.6) is 5.75 Å². The largest absolute Gasteiger partial charge is 0.492 e. The van der Waals surface area contributed by atoms with Crippen molar-refractivity contribution < 1.29 is 19.4 Å². The van der Waals surface area contributed by atoms with Gasteiger partial charge >= 0.3 is 5.97 Å². The average molecular weight is 251 g/mol. The van der Waals surface area contributed by atoms with Gasteiger partial charge in [-0.25, -0.2) is 4.79 Å². The Labute approximate surface area is 106 Å². The van der Waals surface area contributed by atoms with Crippen LogP contribution in [0.1, 0.15) is 28.4 Å². The Hall–Kier alpha value is -2.04. The maximum absolute atomic E-state index is 10.9. The van der Waals surface area contributed by atoms with Gasteiger partial charge in [-0.1, -0.05) is 6.92 Å². The highest BCUT2D eigenvalue weighted by Crippen LogP contribution is 2.25. The topological polar surface area (TPSA) is 89.6 Å². The number of nitrogens with two attached hydrogens (primary N) is 1. The summed E-state index contributed by atoms with van der Waals surface area (Å²) in [6, 6.07) is 3.08. The molecular weight excluding hydrogens is 234 g/mol. The lowest BCUT2D eigenvalue weighted by molar-refractivity contribution is -0.122. The Balaban J connectivity index is 2.90. The van der Waals surface area contributed by atoms with Crippen molar-refractivity contribution in [3.05, 3.63) is 28.8 Å². The van der Waals surface area contributed by atoms with Crippen LogP contribution in [-0.2, 0) is 4.79 Å². The summed E-state index contributed by atoms with van der Waals surface area (Å²) in [7, 11) is 0. The zero-order chi connectivity index (χ0) is 13.9. The number of primary amides is 1. The molecule has 0 aliphatic rings. The second-order valence-electron chi connectivity index (χ2n) is 4.36. The summed E-state index contributed by atoms with van der Waals surface area (Å²) < 4.78 is 5.53. The van der Waals surface area contributed by atoms with Gasteiger partial charge in [0.25, 0.3) is 0 Å². The van der Waals surface area contributed by atoms with E-state index < -0.39 is 11.9 Å². The number of hydrogen-bond acceptors (Lipinski definition) is 3. The summed E-state index contributed by atoms with van der Waals surface area (Å²) in [5.74, 6) is -1.18. The second-order valence-corrected chi connectivity index (χ2v) is 4.36. The van der Waals surface area contributed by atoms with Crippen LogP contribution in [0.4, 0.5) is 0 Å². The SMILES string of the molecule is Cc1cc(C(=O)O)cc(C)c1OCC(C)C(N)=O. The summed E-state index contributed by atoms with van der Waals surface area (Å²) in [5.41, 5.74) is 6.82. The summed E-state index contributed by atoms with van der Waals surface area (Å²) in [6.45, 7) is 5.40. The fourth-order valence-corrected chi connectivity index (χ4v) is 1.59. The van der Waals surface area contributed by atoms with Crippen molar-refractivity contribution in [2.75, 3.05) is 6.61 Å². The van der Waals surface area contributed by atoms with Crippen LogP contribution in [0.25, 0.3) is 0 Å². The van der Waals surface area contributed by atoms with Gasteiger partial charge in [0.2, 0.25) is 5.91 Å². The van der Waals surface area contributed by atoms with Gasteiger partial charge in [-0.2, -0.15) is 0 Å². The minimum Gasteiger partial charge on any atom is -0.492 e. The lowest BCUT2D eigenvalue weighted by Crippen LogP contribution is -2.26. The highest BCUT2D eigenvalue weighted by Gasteiger charge is 2.14. The first-order chi connectivity index (χ1) is 8.32. The summed E-state index contributed by atoms with van der Waals surface area (Å²) in [6.07, 6.45) is 0. The molecule has 1 unspecified atom stereocenters. The molecule has 1 aromatic rings. The third-order valence-corrected chi connectivity index (χ3v) is 2.67. The molecule has 0 aliphatic heterocycles. The molecule has 0 fully saturated rings. The van der Waals surface area contributed by atoms with Gasteiger partial charge in [-0.05, 0) is 37.1 Å². The van der Waals surface area contributed by atoms with Crippen molar-refractivity contribution in [3.8, 4) is 5.75 Å². The Morgan fingerprint density at radius 2 is 1.83 bits per heavy atom. The van der Waals surface area contributed by atoms with Gasteiger partial charge in [0.1, 0.15) is 5.75 Å². The van der Waals surface area contributed by atoms with Crippen LogP contribution in [0.2, 0.25) is 0 Å². The molecule has 1 atom stereocenters. The van der Waals surface area contributed by atoms with E-state index in [1.165, 1.54) is 0 Å². The van der Waals surface area contributed by atoms with E-state index in [2.05, 4.69) is 0 Å². The third-order valence-electron chi connectivity index (χ3n) is 2.67. The highest BCUT2D eigenvalue weighted by molar-refractivity contribution is 5.88. The van der Waals surface area contributed by atoms with Crippen molar-refractivity contribution in [3.63, 3.8) is 0 Å². The molecular formula is C13H17NO4. The first-order valence-electron chi connectivity index (χ1n) is 5.59. The molecule has 1 rings (SSSR count). The molecule has 0 heterocycles.